The number of thiocarbonyl (C=S) groups is 1. The number of hydrogen-bond donors (Lipinski definition) is 0. The third-order valence-electron chi connectivity index (χ3n) is 6.52. The highest BCUT2D eigenvalue weighted by atomic mass is 32.2. The molecule has 3 heterocycles. The summed E-state index contributed by atoms with van der Waals surface area (Å²) in [6, 6.07) is 2.09. The van der Waals surface area contributed by atoms with E-state index in [-0.39, 0.29) is 29.2 Å². The lowest BCUT2D eigenvalue weighted by Gasteiger charge is -2.39. The van der Waals surface area contributed by atoms with Gasteiger partial charge in [-0.1, -0.05) is 56.6 Å². The molecule has 190 valence electrons. The third kappa shape index (κ3) is 5.99. The molecule has 0 radical (unpaired) electrons. The molecule has 35 heavy (non-hydrogen) atoms. The second-order valence-electron chi connectivity index (χ2n) is 9.31. The van der Waals surface area contributed by atoms with Crippen molar-refractivity contribution < 1.29 is 9.53 Å². The number of amides is 1. The van der Waals surface area contributed by atoms with E-state index in [0.717, 1.165) is 30.6 Å². The Morgan fingerprint density at radius 3 is 2.40 bits per heavy atom. The molecule has 1 aromatic heterocycles. The number of nitrogens with zero attached hydrogens (tertiary/aromatic N) is 4. The molecule has 0 aromatic carbocycles. The molecule has 0 spiro atoms. The quantitative estimate of drug-likeness (QED) is 0.264. The van der Waals surface area contributed by atoms with Crippen LogP contribution in [0.1, 0.15) is 76.5 Å². The predicted molar refractivity (Wildman–Crippen MR) is 147 cm³/mol. The van der Waals surface area contributed by atoms with E-state index in [1.54, 1.807) is 16.4 Å². The monoisotopic (exact) mass is 516 g/mol. The highest BCUT2D eigenvalue weighted by Crippen LogP contribution is 2.36. The fourth-order valence-electron chi connectivity index (χ4n) is 4.83. The first-order chi connectivity index (χ1) is 16.7. The first-order valence-corrected chi connectivity index (χ1v) is 13.8. The Balaban J connectivity index is 2.04. The molecule has 0 bridgehead atoms. The van der Waals surface area contributed by atoms with Crippen LogP contribution in [0.5, 0.6) is 0 Å². The second-order valence-corrected chi connectivity index (χ2v) is 11.0. The molecule has 1 aromatic rings. The minimum absolute atomic E-state index is 0.00567. The van der Waals surface area contributed by atoms with Crippen molar-refractivity contribution in [3.63, 3.8) is 0 Å². The zero-order valence-corrected chi connectivity index (χ0v) is 23.1. The van der Waals surface area contributed by atoms with Gasteiger partial charge in [-0.15, -0.1) is 0 Å². The molecule has 2 atom stereocenters. The molecule has 2 aliphatic rings. The fourth-order valence-corrected chi connectivity index (χ4v) is 6.12. The number of anilines is 1. The number of carbonyl (C=O) groups excluding carboxylic acids is 1. The standard InChI is InChI=1S/C26H36N4O3S2/c1-6-8-9-10-11-12-30-25(32)22(35-26(30)34)13-20-19(5)21(14-27)24(31)29(7-2)23(20)28-15-17(3)33-18(4)16-28/h13,17-18H,6-12,15-16H2,1-5H3/b22-13+. The molecule has 9 heteroatoms. The van der Waals surface area contributed by atoms with Crippen LogP contribution in [0.25, 0.3) is 6.08 Å². The summed E-state index contributed by atoms with van der Waals surface area (Å²) in [5, 5.41) is 9.77. The number of pyridine rings is 1. The van der Waals surface area contributed by atoms with Gasteiger partial charge < -0.3 is 9.64 Å². The molecule has 2 saturated heterocycles. The molecule has 2 aliphatic heterocycles. The Hall–Kier alpha value is -2.15. The first kappa shape index (κ1) is 27.4. The Morgan fingerprint density at radius 1 is 1.14 bits per heavy atom. The number of aromatic nitrogens is 1. The van der Waals surface area contributed by atoms with Crippen molar-refractivity contribution in [3.8, 4) is 6.07 Å². The first-order valence-electron chi connectivity index (χ1n) is 12.6. The number of nitriles is 1. The topological polar surface area (TPSA) is 78.6 Å². The van der Waals surface area contributed by atoms with Gasteiger partial charge in [0, 0.05) is 31.7 Å². The molecule has 0 saturated carbocycles. The van der Waals surface area contributed by atoms with Crippen molar-refractivity contribution in [2.45, 2.75) is 85.5 Å². The number of thioether (sulfide) groups is 1. The van der Waals surface area contributed by atoms with Crippen LogP contribution in [0, 0.1) is 18.3 Å². The van der Waals surface area contributed by atoms with Gasteiger partial charge in [-0.25, -0.2) is 0 Å². The zero-order chi connectivity index (χ0) is 25.7. The fraction of sp³-hybridized carbons (Fsp3) is 0.615. The molecule has 7 nitrogen and oxygen atoms in total. The predicted octanol–water partition coefficient (Wildman–Crippen LogP) is 4.83. The number of carbonyl (C=O) groups is 1. The largest absolute Gasteiger partial charge is 0.372 e. The van der Waals surface area contributed by atoms with Gasteiger partial charge in [0.2, 0.25) is 0 Å². The summed E-state index contributed by atoms with van der Waals surface area (Å²) in [5.74, 6) is 0.637. The summed E-state index contributed by atoms with van der Waals surface area (Å²) < 4.78 is 8.13. The Bertz CT molecular complexity index is 1100. The van der Waals surface area contributed by atoms with Crippen molar-refractivity contribution >= 4 is 46.1 Å². The maximum atomic E-state index is 13.3. The maximum absolute atomic E-state index is 13.3. The zero-order valence-electron chi connectivity index (χ0n) is 21.4. The third-order valence-corrected chi connectivity index (χ3v) is 7.89. The summed E-state index contributed by atoms with van der Waals surface area (Å²) in [4.78, 5) is 30.9. The van der Waals surface area contributed by atoms with Crippen LogP contribution in [0.4, 0.5) is 5.82 Å². The number of hydrogen-bond acceptors (Lipinski definition) is 7. The van der Waals surface area contributed by atoms with Gasteiger partial charge in [-0.3, -0.25) is 19.1 Å². The van der Waals surface area contributed by atoms with Crippen LogP contribution in [-0.2, 0) is 16.1 Å². The van der Waals surface area contributed by atoms with Crippen LogP contribution in [0.2, 0.25) is 0 Å². The van der Waals surface area contributed by atoms with Gasteiger partial charge in [-0.05, 0) is 45.8 Å². The minimum Gasteiger partial charge on any atom is -0.372 e. The van der Waals surface area contributed by atoms with Crippen molar-refractivity contribution in [2.24, 2.45) is 0 Å². The average molecular weight is 517 g/mol. The van der Waals surface area contributed by atoms with Crippen molar-refractivity contribution in [3.05, 3.63) is 31.9 Å². The van der Waals surface area contributed by atoms with Crippen LogP contribution < -0.4 is 10.5 Å². The van der Waals surface area contributed by atoms with Crippen molar-refractivity contribution in [1.82, 2.24) is 9.47 Å². The summed E-state index contributed by atoms with van der Waals surface area (Å²) >= 11 is 6.84. The van der Waals surface area contributed by atoms with E-state index < -0.39 is 0 Å². The van der Waals surface area contributed by atoms with Gasteiger partial charge in [-0.2, -0.15) is 5.26 Å². The lowest BCUT2D eigenvalue weighted by molar-refractivity contribution is -0.122. The number of rotatable bonds is 9. The lowest BCUT2D eigenvalue weighted by atomic mass is 10.0. The molecular formula is C26H36N4O3S2. The summed E-state index contributed by atoms with van der Waals surface area (Å²) in [6.45, 7) is 12.2. The Kier molecular flexibility index (Phi) is 9.56. The van der Waals surface area contributed by atoms with Crippen LogP contribution in [-0.4, -0.2) is 51.5 Å². The summed E-state index contributed by atoms with van der Waals surface area (Å²) in [5.41, 5.74) is 1.13. The van der Waals surface area contributed by atoms with Gasteiger partial charge in [0.05, 0.1) is 17.1 Å². The maximum Gasteiger partial charge on any atom is 0.270 e. The normalized spacial score (nSPS) is 21.8. The average Bonchev–Trinajstić information content (AvgIpc) is 3.07. The van der Waals surface area contributed by atoms with Crippen LogP contribution in [0.15, 0.2) is 9.70 Å². The minimum atomic E-state index is -0.300. The van der Waals surface area contributed by atoms with Gasteiger partial charge in [0.1, 0.15) is 21.8 Å². The summed E-state index contributed by atoms with van der Waals surface area (Å²) in [6.07, 6.45) is 7.36. The van der Waals surface area contributed by atoms with E-state index >= 15 is 0 Å². The van der Waals surface area contributed by atoms with Gasteiger partial charge in [0.15, 0.2) is 0 Å². The molecule has 2 fully saturated rings. The molecule has 0 N–H and O–H groups in total. The molecule has 1 amide bonds. The SMILES string of the molecule is CCCCCCCN1C(=O)/C(=C\c2c(C)c(C#N)c(=O)n(CC)c2N2CC(C)OC(C)C2)SC1=S. The van der Waals surface area contributed by atoms with E-state index in [9.17, 15) is 14.9 Å². The highest BCUT2D eigenvalue weighted by molar-refractivity contribution is 8.26. The van der Waals surface area contributed by atoms with Crippen LogP contribution in [0.3, 0.4) is 0 Å². The number of ether oxygens (including phenoxy) is 1. The van der Waals surface area contributed by atoms with Gasteiger partial charge >= 0.3 is 0 Å². The van der Waals surface area contributed by atoms with Crippen LogP contribution >= 0.6 is 24.0 Å². The molecule has 3 rings (SSSR count). The van der Waals surface area contributed by atoms with E-state index in [4.69, 9.17) is 17.0 Å². The Morgan fingerprint density at radius 2 is 1.80 bits per heavy atom. The smallest absolute Gasteiger partial charge is 0.270 e. The molecule has 0 aliphatic carbocycles. The highest BCUT2D eigenvalue weighted by Gasteiger charge is 2.34. The van der Waals surface area contributed by atoms with E-state index in [1.807, 2.05) is 26.8 Å². The Labute approximate surface area is 218 Å². The number of morpholine rings is 1. The summed E-state index contributed by atoms with van der Waals surface area (Å²) in [7, 11) is 0. The molecular weight excluding hydrogens is 480 g/mol. The van der Waals surface area contributed by atoms with E-state index in [0.29, 0.717) is 41.0 Å². The second kappa shape index (κ2) is 12.2. The molecule has 2 unspecified atom stereocenters. The van der Waals surface area contributed by atoms with Crippen molar-refractivity contribution in [1.29, 1.82) is 5.26 Å². The van der Waals surface area contributed by atoms with E-state index in [2.05, 4.69) is 17.9 Å². The van der Waals surface area contributed by atoms with Crippen molar-refractivity contribution in [2.75, 3.05) is 24.5 Å². The van der Waals surface area contributed by atoms with Gasteiger partial charge in [0.25, 0.3) is 11.5 Å². The number of unbranched alkanes of at least 4 members (excludes halogenated alkanes) is 4. The van der Waals surface area contributed by atoms with E-state index in [1.165, 1.54) is 24.6 Å². The lowest BCUT2D eigenvalue weighted by Crippen LogP contribution is -2.48.